The number of carbonyl (C=O) groups is 1. The van der Waals surface area contributed by atoms with E-state index in [1.165, 1.54) is 16.7 Å². The van der Waals surface area contributed by atoms with Crippen LogP contribution in [0.3, 0.4) is 0 Å². The molecule has 0 aromatic heterocycles. The zero-order valence-corrected chi connectivity index (χ0v) is 10.2. The first-order valence-corrected chi connectivity index (χ1v) is 5.45. The van der Waals surface area contributed by atoms with Crippen molar-refractivity contribution in [2.24, 2.45) is 0 Å². The van der Waals surface area contributed by atoms with Crippen LogP contribution < -0.4 is 0 Å². The van der Waals surface area contributed by atoms with E-state index in [1.807, 2.05) is 0 Å². The summed E-state index contributed by atoms with van der Waals surface area (Å²) in [5, 5.41) is 8.69. The SMILES string of the molecule is Cc1ccc(CCN(C)C(=O)CO)cc1C. The summed E-state index contributed by atoms with van der Waals surface area (Å²) in [5.74, 6) is -0.233. The van der Waals surface area contributed by atoms with Crippen LogP contribution >= 0.6 is 0 Å². The van der Waals surface area contributed by atoms with Gasteiger partial charge in [0.1, 0.15) is 6.61 Å². The molecule has 1 N–H and O–H groups in total. The second-order valence-electron chi connectivity index (χ2n) is 4.14. The van der Waals surface area contributed by atoms with E-state index in [0.717, 1.165) is 6.42 Å². The van der Waals surface area contributed by atoms with Crippen LogP contribution in [0.25, 0.3) is 0 Å². The molecule has 0 fully saturated rings. The molecule has 0 bridgehead atoms. The van der Waals surface area contributed by atoms with Crippen LogP contribution in [0.4, 0.5) is 0 Å². The zero-order valence-electron chi connectivity index (χ0n) is 10.2. The normalized spacial score (nSPS) is 10.2. The van der Waals surface area contributed by atoms with Gasteiger partial charge in [0.25, 0.3) is 0 Å². The maximum Gasteiger partial charge on any atom is 0.248 e. The number of carbonyl (C=O) groups excluding carboxylic acids is 1. The molecule has 1 aromatic carbocycles. The summed E-state index contributed by atoms with van der Waals surface area (Å²) in [7, 11) is 1.71. The van der Waals surface area contributed by atoms with Gasteiger partial charge in [-0.2, -0.15) is 0 Å². The van der Waals surface area contributed by atoms with Gasteiger partial charge in [0, 0.05) is 13.6 Å². The third kappa shape index (κ3) is 3.35. The summed E-state index contributed by atoms with van der Waals surface area (Å²) in [6.45, 7) is 4.40. The number of hydrogen-bond donors (Lipinski definition) is 1. The van der Waals surface area contributed by atoms with Crippen molar-refractivity contribution >= 4 is 5.91 Å². The first-order valence-electron chi connectivity index (χ1n) is 5.45. The summed E-state index contributed by atoms with van der Waals surface area (Å²) >= 11 is 0. The van der Waals surface area contributed by atoms with Gasteiger partial charge >= 0.3 is 0 Å². The van der Waals surface area contributed by atoms with Crippen molar-refractivity contribution in [1.82, 2.24) is 4.90 Å². The number of amides is 1. The monoisotopic (exact) mass is 221 g/mol. The molecule has 0 unspecified atom stereocenters. The zero-order chi connectivity index (χ0) is 12.1. The highest BCUT2D eigenvalue weighted by Gasteiger charge is 2.06. The van der Waals surface area contributed by atoms with Gasteiger partial charge in [-0.05, 0) is 37.0 Å². The van der Waals surface area contributed by atoms with Crippen LogP contribution in [0, 0.1) is 13.8 Å². The Morgan fingerprint density at radius 2 is 2.00 bits per heavy atom. The smallest absolute Gasteiger partial charge is 0.248 e. The maximum atomic E-state index is 11.1. The van der Waals surface area contributed by atoms with E-state index >= 15 is 0 Å². The van der Waals surface area contributed by atoms with E-state index in [9.17, 15) is 4.79 Å². The minimum Gasteiger partial charge on any atom is -0.387 e. The first kappa shape index (κ1) is 12.7. The Morgan fingerprint density at radius 1 is 1.31 bits per heavy atom. The third-order valence-electron chi connectivity index (χ3n) is 2.87. The molecule has 3 nitrogen and oxygen atoms in total. The topological polar surface area (TPSA) is 40.5 Å². The first-order chi connectivity index (χ1) is 7.54. The van der Waals surface area contributed by atoms with E-state index < -0.39 is 6.61 Å². The van der Waals surface area contributed by atoms with Gasteiger partial charge in [0.15, 0.2) is 0 Å². The lowest BCUT2D eigenvalue weighted by atomic mass is 10.0. The minimum absolute atomic E-state index is 0.233. The second kappa shape index (κ2) is 5.66. The standard InChI is InChI=1S/C13H19NO2/c1-10-4-5-12(8-11(10)2)6-7-14(3)13(16)9-15/h4-5,8,15H,6-7,9H2,1-3H3. The summed E-state index contributed by atoms with van der Waals surface area (Å²) in [6, 6.07) is 6.32. The fourth-order valence-electron chi connectivity index (χ4n) is 1.50. The lowest BCUT2D eigenvalue weighted by molar-refractivity contribution is -0.132. The van der Waals surface area contributed by atoms with Crippen molar-refractivity contribution in [2.75, 3.05) is 20.2 Å². The highest BCUT2D eigenvalue weighted by molar-refractivity contribution is 5.76. The molecule has 0 atom stereocenters. The van der Waals surface area contributed by atoms with E-state index in [-0.39, 0.29) is 5.91 Å². The van der Waals surface area contributed by atoms with Crippen molar-refractivity contribution in [3.05, 3.63) is 34.9 Å². The molecule has 88 valence electrons. The number of hydrogen-bond acceptors (Lipinski definition) is 2. The van der Waals surface area contributed by atoms with Crippen LogP contribution in [-0.2, 0) is 11.2 Å². The molecule has 0 spiro atoms. The quantitative estimate of drug-likeness (QED) is 0.832. The Balaban J connectivity index is 2.55. The van der Waals surface area contributed by atoms with Gasteiger partial charge in [-0.15, -0.1) is 0 Å². The Kier molecular flexibility index (Phi) is 4.50. The lowest BCUT2D eigenvalue weighted by Crippen LogP contribution is -2.31. The number of benzene rings is 1. The number of likely N-dealkylation sites (N-methyl/N-ethyl adjacent to an activating group) is 1. The number of aliphatic hydroxyl groups excluding tert-OH is 1. The van der Waals surface area contributed by atoms with Gasteiger partial charge in [-0.1, -0.05) is 18.2 Å². The van der Waals surface area contributed by atoms with E-state index in [1.54, 1.807) is 11.9 Å². The summed E-state index contributed by atoms with van der Waals surface area (Å²) < 4.78 is 0. The van der Waals surface area contributed by atoms with E-state index in [4.69, 9.17) is 5.11 Å². The fourth-order valence-corrected chi connectivity index (χ4v) is 1.50. The van der Waals surface area contributed by atoms with Crippen LogP contribution in [0.5, 0.6) is 0 Å². The Hall–Kier alpha value is -1.35. The molecule has 3 heteroatoms. The summed E-state index contributed by atoms with van der Waals surface area (Å²) in [5.41, 5.74) is 3.78. The molecule has 16 heavy (non-hydrogen) atoms. The largest absolute Gasteiger partial charge is 0.387 e. The average Bonchev–Trinajstić information content (AvgIpc) is 2.29. The lowest BCUT2D eigenvalue weighted by Gasteiger charge is -2.16. The van der Waals surface area contributed by atoms with Crippen molar-refractivity contribution in [1.29, 1.82) is 0 Å². The Bertz CT molecular complexity index is 374. The Labute approximate surface area is 96.7 Å². The van der Waals surface area contributed by atoms with Gasteiger partial charge < -0.3 is 10.0 Å². The molecule has 0 heterocycles. The summed E-state index contributed by atoms with van der Waals surface area (Å²) in [6.07, 6.45) is 0.823. The van der Waals surface area contributed by atoms with Gasteiger partial charge in [0.2, 0.25) is 5.91 Å². The Morgan fingerprint density at radius 3 is 2.56 bits per heavy atom. The third-order valence-corrected chi connectivity index (χ3v) is 2.87. The fraction of sp³-hybridized carbons (Fsp3) is 0.462. The molecule has 0 radical (unpaired) electrons. The molecule has 0 aliphatic carbocycles. The van der Waals surface area contributed by atoms with Crippen LogP contribution in [0.2, 0.25) is 0 Å². The molecule has 0 saturated heterocycles. The molecule has 0 aliphatic rings. The highest BCUT2D eigenvalue weighted by Crippen LogP contribution is 2.10. The number of aliphatic hydroxyl groups is 1. The van der Waals surface area contributed by atoms with Gasteiger partial charge in [-0.25, -0.2) is 0 Å². The molecule has 1 rings (SSSR count). The molecule has 0 saturated carbocycles. The second-order valence-corrected chi connectivity index (χ2v) is 4.14. The number of rotatable bonds is 4. The predicted octanol–water partition coefficient (Wildman–Crippen LogP) is 1.30. The van der Waals surface area contributed by atoms with Crippen molar-refractivity contribution in [3.8, 4) is 0 Å². The van der Waals surface area contributed by atoms with Crippen LogP contribution in [-0.4, -0.2) is 36.1 Å². The molecule has 0 aliphatic heterocycles. The van der Waals surface area contributed by atoms with Gasteiger partial charge in [0.05, 0.1) is 0 Å². The molecular formula is C13H19NO2. The molecule has 1 amide bonds. The minimum atomic E-state index is -0.413. The number of nitrogens with zero attached hydrogens (tertiary/aromatic N) is 1. The summed E-state index contributed by atoms with van der Waals surface area (Å²) in [4.78, 5) is 12.7. The highest BCUT2D eigenvalue weighted by atomic mass is 16.3. The van der Waals surface area contributed by atoms with E-state index in [0.29, 0.717) is 6.54 Å². The maximum absolute atomic E-state index is 11.1. The van der Waals surface area contributed by atoms with E-state index in [2.05, 4.69) is 32.0 Å². The van der Waals surface area contributed by atoms with Gasteiger partial charge in [-0.3, -0.25) is 4.79 Å². The number of aryl methyl sites for hydroxylation is 2. The predicted molar refractivity (Wildman–Crippen MR) is 64.3 cm³/mol. The van der Waals surface area contributed by atoms with Crippen molar-refractivity contribution in [2.45, 2.75) is 20.3 Å². The molecule has 1 aromatic rings. The molecular weight excluding hydrogens is 202 g/mol. The van der Waals surface area contributed by atoms with Crippen molar-refractivity contribution in [3.63, 3.8) is 0 Å². The van der Waals surface area contributed by atoms with Crippen LogP contribution in [0.15, 0.2) is 18.2 Å². The van der Waals surface area contributed by atoms with Crippen molar-refractivity contribution < 1.29 is 9.90 Å². The average molecular weight is 221 g/mol. The van der Waals surface area contributed by atoms with Crippen LogP contribution in [0.1, 0.15) is 16.7 Å².